The number of hydrogen-bond donors (Lipinski definition) is 2. The van der Waals surface area contributed by atoms with Crippen LogP contribution in [0.4, 0.5) is 0 Å². The lowest BCUT2D eigenvalue weighted by Crippen LogP contribution is -2.62. The molecule has 0 amide bonds. The molecule has 5 unspecified atom stereocenters. The Morgan fingerprint density at radius 3 is 1.78 bits per heavy atom. The fourth-order valence-electron chi connectivity index (χ4n) is 5.99. The van der Waals surface area contributed by atoms with Crippen LogP contribution in [0.5, 0.6) is 0 Å². The van der Waals surface area contributed by atoms with Crippen molar-refractivity contribution in [1.29, 1.82) is 0 Å². The summed E-state index contributed by atoms with van der Waals surface area (Å²) >= 11 is 0. The lowest BCUT2D eigenvalue weighted by atomic mass is 9.99. The first-order valence-corrected chi connectivity index (χ1v) is 12.9. The standard InChI is InChI=1S/C25H34N4O8/c30-14-21-22(15-31)29(20-6-11-37-25(20)34)13-17-3-1-2-16(26-17)12-27(18-4-9-35-23(18)32)7-8-28(21)19-5-10-36-24(19)33/h1-3,18-22,30-31H,4-15H2. The van der Waals surface area contributed by atoms with E-state index in [2.05, 4.69) is 0 Å². The van der Waals surface area contributed by atoms with Gasteiger partial charge in [-0.3, -0.25) is 34.1 Å². The van der Waals surface area contributed by atoms with Crippen molar-refractivity contribution in [2.45, 2.75) is 62.6 Å². The predicted octanol–water partition coefficient (Wildman–Crippen LogP) is -1.33. The monoisotopic (exact) mass is 518 g/mol. The van der Waals surface area contributed by atoms with Gasteiger partial charge in [0.15, 0.2) is 0 Å². The van der Waals surface area contributed by atoms with E-state index in [1.165, 1.54) is 0 Å². The molecule has 4 aliphatic rings. The maximum atomic E-state index is 12.7. The molecular formula is C25H34N4O8. The SMILES string of the molecule is O=C1OCCC1N1CCN(C2CCOC2=O)C(CO)C(CO)N(C2CCOC2=O)Cc2cccc(n2)C1. The number of aromatic nitrogens is 1. The van der Waals surface area contributed by atoms with Crippen LogP contribution in [0.3, 0.4) is 0 Å². The molecule has 0 spiro atoms. The molecule has 4 aliphatic heterocycles. The molecule has 5 heterocycles. The van der Waals surface area contributed by atoms with Crippen molar-refractivity contribution >= 4 is 17.9 Å². The number of aliphatic hydroxyl groups excluding tert-OH is 2. The maximum Gasteiger partial charge on any atom is 0.323 e. The first-order valence-electron chi connectivity index (χ1n) is 12.9. The van der Waals surface area contributed by atoms with E-state index < -0.39 is 30.2 Å². The van der Waals surface area contributed by atoms with E-state index >= 15 is 0 Å². The summed E-state index contributed by atoms with van der Waals surface area (Å²) in [6.45, 7) is 1.55. The highest BCUT2D eigenvalue weighted by Crippen LogP contribution is 2.27. The largest absolute Gasteiger partial charge is 0.464 e. The summed E-state index contributed by atoms with van der Waals surface area (Å²) in [7, 11) is 0. The van der Waals surface area contributed by atoms with E-state index in [1.54, 1.807) is 0 Å². The summed E-state index contributed by atoms with van der Waals surface area (Å²) in [6.07, 6.45) is 1.46. The number of esters is 3. The Balaban J connectivity index is 1.56. The Kier molecular flexibility index (Phi) is 8.01. The Morgan fingerprint density at radius 1 is 0.730 bits per heavy atom. The number of carbonyl (C=O) groups excluding carboxylic acids is 3. The Bertz CT molecular complexity index is 1010. The molecule has 202 valence electrons. The molecule has 0 aliphatic carbocycles. The lowest BCUT2D eigenvalue weighted by Gasteiger charge is -2.44. The molecule has 0 radical (unpaired) electrons. The van der Waals surface area contributed by atoms with Crippen LogP contribution in [0.25, 0.3) is 0 Å². The number of pyridine rings is 1. The summed E-state index contributed by atoms with van der Waals surface area (Å²) in [6, 6.07) is 2.60. The van der Waals surface area contributed by atoms with E-state index in [1.807, 2.05) is 32.9 Å². The van der Waals surface area contributed by atoms with Crippen molar-refractivity contribution in [2.24, 2.45) is 0 Å². The normalized spacial score (nSPS) is 32.5. The highest BCUT2D eigenvalue weighted by Gasteiger charge is 2.45. The topological polar surface area (TPSA) is 142 Å². The second-order valence-corrected chi connectivity index (χ2v) is 9.92. The second kappa shape index (κ2) is 11.4. The van der Waals surface area contributed by atoms with Gasteiger partial charge in [-0.2, -0.15) is 0 Å². The molecule has 37 heavy (non-hydrogen) atoms. The van der Waals surface area contributed by atoms with E-state index in [0.29, 0.717) is 51.2 Å². The zero-order valence-corrected chi connectivity index (χ0v) is 20.7. The van der Waals surface area contributed by atoms with Crippen molar-refractivity contribution in [3.8, 4) is 0 Å². The van der Waals surface area contributed by atoms with Crippen molar-refractivity contribution in [2.75, 3.05) is 46.1 Å². The second-order valence-electron chi connectivity index (χ2n) is 9.92. The van der Waals surface area contributed by atoms with Gasteiger partial charge in [0.25, 0.3) is 0 Å². The fraction of sp³-hybridized carbons (Fsp3) is 0.680. The van der Waals surface area contributed by atoms with Crippen molar-refractivity contribution in [3.05, 3.63) is 29.6 Å². The number of carbonyl (C=O) groups is 3. The third-order valence-corrected chi connectivity index (χ3v) is 7.85. The predicted molar refractivity (Wildman–Crippen MR) is 127 cm³/mol. The number of rotatable bonds is 5. The zero-order chi connectivity index (χ0) is 25.9. The van der Waals surface area contributed by atoms with Gasteiger partial charge < -0.3 is 24.4 Å². The number of aliphatic hydroxyl groups is 2. The molecule has 3 saturated heterocycles. The first kappa shape index (κ1) is 26.0. The average molecular weight is 519 g/mol. The molecule has 2 bridgehead atoms. The van der Waals surface area contributed by atoms with Crippen molar-refractivity contribution in [3.63, 3.8) is 0 Å². The first-order chi connectivity index (χ1) is 18.0. The van der Waals surface area contributed by atoms with Crippen LogP contribution in [-0.2, 0) is 41.7 Å². The zero-order valence-electron chi connectivity index (χ0n) is 20.7. The van der Waals surface area contributed by atoms with Crippen LogP contribution in [0.2, 0.25) is 0 Å². The Morgan fingerprint density at radius 2 is 1.24 bits per heavy atom. The number of cyclic esters (lactones) is 3. The molecule has 0 aromatic carbocycles. The van der Waals surface area contributed by atoms with Crippen molar-refractivity contribution < 1.29 is 38.8 Å². The van der Waals surface area contributed by atoms with Gasteiger partial charge in [0.2, 0.25) is 0 Å². The minimum Gasteiger partial charge on any atom is -0.464 e. The third-order valence-electron chi connectivity index (χ3n) is 7.85. The summed E-state index contributed by atoms with van der Waals surface area (Å²) in [4.78, 5) is 48.4. The minimum absolute atomic E-state index is 0.240. The molecule has 1 aromatic heterocycles. The molecule has 5 atom stereocenters. The van der Waals surface area contributed by atoms with Crippen LogP contribution in [0.15, 0.2) is 18.2 Å². The van der Waals surface area contributed by atoms with E-state index in [4.69, 9.17) is 19.2 Å². The molecule has 12 nitrogen and oxygen atoms in total. The quantitative estimate of drug-likeness (QED) is 0.352. The smallest absolute Gasteiger partial charge is 0.323 e. The highest BCUT2D eigenvalue weighted by molar-refractivity contribution is 5.78. The molecule has 12 heteroatoms. The summed E-state index contributed by atoms with van der Waals surface area (Å²) in [5.74, 6) is -1.04. The maximum absolute atomic E-state index is 12.7. The van der Waals surface area contributed by atoms with Gasteiger partial charge in [-0.1, -0.05) is 6.07 Å². The fourth-order valence-corrected chi connectivity index (χ4v) is 5.99. The van der Waals surface area contributed by atoms with Crippen LogP contribution >= 0.6 is 0 Å². The van der Waals surface area contributed by atoms with E-state index in [9.17, 15) is 24.6 Å². The van der Waals surface area contributed by atoms with E-state index in [-0.39, 0.29) is 50.9 Å². The summed E-state index contributed by atoms with van der Waals surface area (Å²) in [5.41, 5.74) is 1.45. The molecule has 5 rings (SSSR count). The summed E-state index contributed by atoms with van der Waals surface area (Å²) < 4.78 is 15.7. The van der Waals surface area contributed by atoms with Gasteiger partial charge in [0, 0.05) is 45.4 Å². The molecule has 1 aromatic rings. The average Bonchev–Trinajstić information content (AvgIpc) is 3.63. The molecule has 3 fully saturated rings. The number of fused-ring (bicyclic) bond motifs is 2. The van der Waals surface area contributed by atoms with Crippen LogP contribution < -0.4 is 0 Å². The summed E-state index contributed by atoms with van der Waals surface area (Å²) in [5, 5.41) is 21.3. The lowest BCUT2D eigenvalue weighted by molar-refractivity contribution is -0.148. The Hall–Kier alpha value is -2.64. The molecule has 0 saturated carbocycles. The van der Waals surface area contributed by atoms with Crippen LogP contribution in [0, 0.1) is 0 Å². The van der Waals surface area contributed by atoms with Gasteiger partial charge in [-0.25, -0.2) is 0 Å². The number of hydrogen-bond acceptors (Lipinski definition) is 12. The van der Waals surface area contributed by atoms with Crippen LogP contribution in [0.1, 0.15) is 30.7 Å². The number of nitrogens with zero attached hydrogens (tertiary/aromatic N) is 4. The van der Waals surface area contributed by atoms with Gasteiger partial charge in [-0.15, -0.1) is 0 Å². The van der Waals surface area contributed by atoms with E-state index in [0.717, 1.165) is 5.69 Å². The van der Waals surface area contributed by atoms with Crippen LogP contribution in [-0.4, -0.2) is 124 Å². The third kappa shape index (κ3) is 5.34. The molecular weight excluding hydrogens is 484 g/mol. The minimum atomic E-state index is -0.691. The van der Waals surface area contributed by atoms with Gasteiger partial charge in [0.1, 0.15) is 18.1 Å². The Labute approximate surface area is 215 Å². The van der Waals surface area contributed by atoms with Gasteiger partial charge in [-0.05, 0) is 12.1 Å². The number of ether oxygens (including phenoxy) is 3. The molecule has 2 N–H and O–H groups in total. The van der Waals surface area contributed by atoms with Gasteiger partial charge in [0.05, 0.1) is 56.5 Å². The van der Waals surface area contributed by atoms with Gasteiger partial charge >= 0.3 is 17.9 Å². The highest BCUT2D eigenvalue weighted by atomic mass is 16.5. The van der Waals surface area contributed by atoms with Crippen molar-refractivity contribution in [1.82, 2.24) is 19.7 Å².